The second kappa shape index (κ2) is 5.82. The van der Waals surface area contributed by atoms with Crippen LogP contribution in [-0.2, 0) is 24.1 Å². The summed E-state index contributed by atoms with van der Waals surface area (Å²) < 4.78 is 24.0. The van der Waals surface area contributed by atoms with Crippen LogP contribution in [0.4, 0.5) is 5.69 Å². The van der Waals surface area contributed by atoms with E-state index in [1.807, 2.05) is 0 Å². The lowest BCUT2D eigenvalue weighted by Gasteiger charge is -2.07. The van der Waals surface area contributed by atoms with Crippen molar-refractivity contribution in [3.05, 3.63) is 50.7 Å². The van der Waals surface area contributed by atoms with E-state index in [1.54, 1.807) is 0 Å². The van der Waals surface area contributed by atoms with Crippen molar-refractivity contribution in [2.45, 2.75) is 4.90 Å². The molecule has 9 nitrogen and oxygen atoms in total. The van der Waals surface area contributed by atoms with Gasteiger partial charge in [-0.1, -0.05) is 0 Å². The first-order chi connectivity index (χ1) is 10.6. The van der Waals surface area contributed by atoms with E-state index in [-0.39, 0.29) is 10.5 Å². The van der Waals surface area contributed by atoms with Gasteiger partial charge in [0.05, 0.1) is 10.6 Å². The number of benzene rings is 1. The second-order valence-corrected chi connectivity index (χ2v) is 6.30. The third-order valence-electron chi connectivity index (χ3n) is 3.18. The van der Waals surface area contributed by atoms with Crippen LogP contribution in [0.1, 0.15) is 5.56 Å². The molecule has 23 heavy (non-hydrogen) atoms. The van der Waals surface area contributed by atoms with Crippen LogP contribution in [-0.4, -0.2) is 28.9 Å². The summed E-state index contributed by atoms with van der Waals surface area (Å²) in [6.07, 6.45) is 1.10. The standard InChI is InChI=1S/C13H14N4O5S/c1-16-11(18)10(12(19)17(2)13(16)20)7-15-8-3-5-9(6-4-8)23(14,21)22/h3-7,18H,1-2H3,(H2,14,21,22). The van der Waals surface area contributed by atoms with Gasteiger partial charge in [-0.3, -0.25) is 18.9 Å². The van der Waals surface area contributed by atoms with Crippen LogP contribution >= 0.6 is 0 Å². The van der Waals surface area contributed by atoms with Crippen LogP contribution in [0.25, 0.3) is 0 Å². The van der Waals surface area contributed by atoms with Gasteiger partial charge in [0.1, 0.15) is 5.56 Å². The Morgan fingerprint density at radius 1 is 1.13 bits per heavy atom. The molecule has 0 spiro atoms. The highest BCUT2D eigenvalue weighted by Gasteiger charge is 2.13. The average molecular weight is 338 g/mol. The highest BCUT2D eigenvalue weighted by molar-refractivity contribution is 7.89. The summed E-state index contributed by atoms with van der Waals surface area (Å²) >= 11 is 0. The Balaban J connectivity index is 2.46. The number of rotatable bonds is 3. The van der Waals surface area contributed by atoms with Gasteiger partial charge in [-0.25, -0.2) is 18.4 Å². The van der Waals surface area contributed by atoms with Crippen LogP contribution in [0.2, 0.25) is 0 Å². The molecule has 0 aliphatic rings. The van der Waals surface area contributed by atoms with E-state index in [0.717, 1.165) is 15.3 Å². The molecular weight excluding hydrogens is 324 g/mol. The minimum absolute atomic E-state index is 0.0719. The fourth-order valence-corrected chi connectivity index (χ4v) is 2.35. The van der Waals surface area contributed by atoms with Crippen molar-refractivity contribution in [1.82, 2.24) is 9.13 Å². The summed E-state index contributed by atoms with van der Waals surface area (Å²) in [7, 11) is -1.20. The summed E-state index contributed by atoms with van der Waals surface area (Å²) in [5.41, 5.74) is -1.18. The number of hydrogen-bond donors (Lipinski definition) is 2. The van der Waals surface area contributed by atoms with Crippen molar-refractivity contribution in [1.29, 1.82) is 0 Å². The highest BCUT2D eigenvalue weighted by Crippen LogP contribution is 2.16. The maximum atomic E-state index is 12.0. The van der Waals surface area contributed by atoms with Gasteiger partial charge >= 0.3 is 5.69 Å². The van der Waals surface area contributed by atoms with Crippen molar-refractivity contribution in [2.24, 2.45) is 24.2 Å². The van der Waals surface area contributed by atoms with Crippen molar-refractivity contribution < 1.29 is 13.5 Å². The molecule has 3 N–H and O–H groups in total. The molecule has 1 heterocycles. The molecule has 2 rings (SSSR count). The minimum Gasteiger partial charge on any atom is -0.494 e. The Morgan fingerprint density at radius 2 is 1.70 bits per heavy atom. The van der Waals surface area contributed by atoms with Crippen molar-refractivity contribution in [3.63, 3.8) is 0 Å². The zero-order chi connectivity index (χ0) is 17.4. The van der Waals surface area contributed by atoms with Gasteiger partial charge in [0.2, 0.25) is 15.9 Å². The summed E-state index contributed by atoms with van der Waals surface area (Å²) in [4.78, 5) is 27.5. The molecule has 1 aromatic carbocycles. The largest absolute Gasteiger partial charge is 0.494 e. The zero-order valence-electron chi connectivity index (χ0n) is 12.3. The normalized spacial score (nSPS) is 12.0. The number of hydrogen-bond acceptors (Lipinski definition) is 6. The number of aromatic nitrogens is 2. The van der Waals surface area contributed by atoms with Gasteiger partial charge in [0, 0.05) is 20.3 Å². The molecule has 0 saturated heterocycles. The molecule has 0 bridgehead atoms. The van der Waals surface area contributed by atoms with Gasteiger partial charge in [0.25, 0.3) is 5.56 Å². The number of primary sulfonamides is 1. The predicted molar refractivity (Wildman–Crippen MR) is 83.7 cm³/mol. The van der Waals surface area contributed by atoms with Gasteiger partial charge in [-0.05, 0) is 24.3 Å². The van der Waals surface area contributed by atoms with E-state index in [0.29, 0.717) is 5.69 Å². The van der Waals surface area contributed by atoms with Gasteiger partial charge in [0.15, 0.2) is 0 Å². The fraction of sp³-hybridized carbons (Fsp3) is 0.154. The fourth-order valence-electron chi connectivity index (χ4n) is 1.83. The molecule has 2 aromatic rings. The second-order valence-electron chi connectivity index (χ2n) is 4.74. The van der Waals surface area contributed by atoms with Crippen LogP contribution < -0.4 is 16.4 Å². The third-order valence-corrected chi connectivity index (χ3v) is 4.10. The molecule has 1 aromatic heterocycles. The molecule has 0 fully saturated rings. The Morgan fingerprint density at radius 3 is 2.22 bits per heavy atom. The average Bonchev–Trinajstić information content (AvgIpc) is 2.50. The smallest absolute Gasteiger partial charge is 0.333 e. The van der Waals surface area contributed by atoms with Gasteiger partial charge < -0.3 is 5.11 Å². The number of nitrogens with two attached hydrogens (primary N) is 1. The lowest BCUT2D eigenvalue weighted by Crippen LogP contribution is -2.38. The number of nitrogens with zero attached hydrogens (tertiary/aromatic N) is 3. The van der Waals surface area contributed by atoms with Crippen LogP contribution in [0.15, 0.2) is 43.7 Å². The summed E-state index contributed by atoms with van der Waals surface area (Å²) in [6, 6.07) is 5.31. The molecule has 0 unspecified atom stereocenters. The quantitative estimate of drug-likeness (QED) is 0.705. The molecule has 0 atom stereocenters. The first-order valence-electron chi connectivity index (χ1n) is 6.29. The van der Waals surface area contributed by atoms with E-state index in [1.165, 1.54) is 38.4 Å². The Labute approximate surface area is 131 Å². The molecule has 0 aliphatic carbocycles. The molecule has 10 heteroatoms. The van der Waals surface area contributed by atoms with Crippen LogP contribution in [0.5, 0.6) is 5.88 Å². The summed E-state index contributed by atoms with van der Waals surface area (Å²) in [5.74, 6) is -0.511. The topological polar surface area (TPSA) is 137 Å². The Bertz CT molecular complexity index is 1000. The van der Waals surface area contributed by atoms with Gasteiger partial charge in [-0.15, -0.1) is 0 Å². The summed E-state index contributed by atoms with van der Waals surface area (Å²) in [5, 5.41) is 14.9. The third kappa shape index (κ3) is 3.22. The number of aliphatic imine (C=N–C) groups is 1. The zero-order valence-corrected chi connectivity index (χ0v) is 13.1. The predicted octanol–water partition coefficient (Wildman–Crippen LogP) is -0.812. The van der Waals surface area contributed by atoms with Gasteiger partial charge in [-0.2, -0.15) is 0 Å². The summed E-state index contributed by atoms with van der Waals surface area (Å²) in [6.45, 7) is 0. The van der Waals surface area contributed by atoms with E-state index in [4.69, 9.17) is 5.14 Å². The van der Waals surface area contributed by atoms with E-state index in [9.17, 15) is 23.1 Å². The molecular formula is C13H14N4O5S. The van der Waals surface area contributed by atoms with Crippen LogP contribution in [0, 0.1) is 0 Å². The molecule has 0 radical (unpaired) electrons. The number of aromatic hydroxyl groups is 1. The molecule has 0 amide bonds. The first-order valence-corrected chi connectivity index (χ1v) is 7.83. The molecule has 0 aliphatic heterocycles. The Kier molecular flexibility index (Phi) is 4.21. The Hall–Kier alpha value is -2.72. The first kappa shape index (κ1) is 16.6. The SMILES string of the molecule is Cn1c(O)c(C=Nc2ccc(S(N)(=O)=O)cc2)c(=O)n(C)c1=O. The van der Waals surface area contributed by atoms with Crippen LogP contribution in [0.3, 0.4) is 0 Å². The lowest BCUT2D eigenvalue weighted by atomic mass is 10.3. The lowest BCUT2D eigenvalue weighted by molar-refractivity contribution is 0.410. The van der Waals surface area contributed by atoms with Crippen molar-refractivity contribution in [3.8, 4) is 5.88 Å². The maximum absolute atomic E-state index is 12.0. The molecule has 0 saturated carbocycles. The highest BCUT2D eigenvalue weighted by atomic mass is 32.2. The maximum Gasteiger partial charge on any atom is 0.333 e. The van der Waals surface area contributed by atoms with Crippen molar-refractivity contribution in [2.75, 3.05) is 0 Å². The van der Waals surface area contributed by atoms with E-state index >= 15 is 0 Å². The van der Waals surface area contributed by atoms with E-state index in [2.05, 4.69) is 4.99 Å². The monoisotopic (exact) mass is 338 g/mol. The molecule has 122 valence electrons. The minimum atomic E-state index is -3.80. The van der Waals surface area contributed by atoms with E-state index < -0.39 is 27.2 Å². The van der Waals surface area contributed by atoms with Crippen molar-refractivity contribution >= 4 is 21.9 Å². The number of sulfonamides is 1.